The highest BCUT2D eigenvalue weighted by Gasteiger charge is 2.42. The summed E-state index contributed by atoms with van der Waals surface area (Å²) in [4.78, 5) is 0. The molecule has 1 N–H and O–H groups in total. The fourth-order valence-electron chi connectivity index (χ4n) is 1.48. The van der Waals surface area contributed by atoms with Crippen molar-refractivity contribution in [2.75, 3.05) is 6.54 Å². The topological polar surface area (TPSA) is 21.3 Å². The molecule has 0 saturated carbocycles. The lowest BCUT2D eigenvalue weighted by molar-refractivity contribution is -0.192. The van der Waals surface area contributed by atoms with Crippen molar-refractivity contribution in [3.8, 4) is 5.75 Å². The van der Waals surface area contributed by atoms with Gasteiger partial charge in [0.15, 0.2) is 0 Å². The molecule has 1 heterocycles. The van der Waals surface area contributed by atoms with Gasteiger partial charge in [0.25, 0.3) is 0 Å². The molecule has 0 aromatic heterocycles. The van der Waals surface area contributed by atoms with Crippen molar-refractivity contribution in [3.63, 3.8) is 0 Å². The second kappa shape index (κ2) is 3.73. The molecule has 0 fully saturated rings. The molecule has 0 bridgehead atoms. The van der Waals surface area contributed by atoms with Crippen LogP contribution in [0.1, 0.15) is 5.56 Å². The first-order valence-corrected chi connectivity index (χ1v) is 4.59. The van der Waals surface area contributed by atoms with Gasteiger partial charge < -0.3 is 10.1 Å². The predicted molar refractivity (Wildman–Crippen MR) is 48.6 cm³/mol. The standard InChI is InChI=1S/C10H10F3NO/c11-10(12,13)9-6-14-5-7-3-1-2-4-8(7)15-9/h1-4,9,14H,5-6H2. The Labute approximate surface area is 85.0 Å². The van der Waals surface area contributed by atoms with Crippen LogP contribution in [0.3, 0.4) is 0 Å². The van der Waals surface area contributed by atoms with E-state index >= 15 is 0 Å². The van der Waals surface area contributed by atoms with E-state index in [2.05, 4.69) is 5.32 Å². The molecule has 0 amide bonds. The van der Waals surface area contributed by atoms with Crippen molar-refractivity contribution in [1.82, 2.24) is 5.32 Å². The van der Waals surface area contributed by atoms with Crippen LogP contribution in [0.4, 0.5) is 13.2 Å². The summed E-state index contributed by atoms with van der Waals surface area (Å²) in [6.45, 7) is 0.195. The molecule has 15 heavy (non-hydrogen) atoms. The molecule has 0 aliphatic carbocycles. The summed E-state index contributed by atoms with van der Waals surface area (Å²) >= 11 is 0. The SMILES string of the molecule is FC(F)(F)C1CNCc2ccccc2O1. The zero-order chi connectivity index (χ0) is 10.9. The van der Waals surface area contributed by atoms with E-state index in [1.807, 2.05) is 0 Å². The van der Waals surface area contributed by atoms with E-state index in [0.29, 0.717) is 12.3 Å². The molecular weight excluding hydrogens is 207 g/mol. The van der Waals surface area contributed by atoms with E-state index in [1.165, 1.54) is 0 Å². The number of nitrogens with one attached hydrogen (secondary N) is 1. The van der Waals surface area contributed by atoms with Crippen molar-refractivity contribution in [2.24, 2.45) is 0 Å². The van der Waals surface area contributed by atoms with Crippen LogP contribution in [0, 0.1) is 0 Å². The second-order valence-corrected chi connectivity index (χ2v) is 3.39. The zero-order valence-corrected chi connectivity index (χ0v) is 7.84. The number of hydrogen-bond donors (Lipinski definition) is 1. The Morgan fingerprint density at radius 1 is 1.27 bits per heavy atom. The van der Waals surface area contributed by atoms with Crippen LogP contribution in [0.2, 0.25) is 0 Å². The molecule has 1 unspecified atom stereocenters. The minimum absolute atomic E-state index is 0.210. The third-order valence-electron chi connectivity index (χ3n) is 2.25. The number of fused-ring (bicyclic) bond motifs is 1. The first-order valence-electron chi connectivity index (χ1n) is 4.59. The maximum absolute atomic E-state index is 12.5. The number of ether oxygens (including phenoxy) is 1. The molecule has 1 aromatic carbocycles. The highest BCUT2D eigenvalue weighted by Crippen LogP contribution is 2.28. The summed E-state index contributed by atoms with van der Waals surface area (Å²) in [5.41, 5.74) is 0.754. The summed E-state index contributed by atoms with van der Waals surface area (Å²) in [6.07, 6.45) is -6.09. The van der Waals surface area contributed by atoms with Gasteiger partial charge in [-0.2, -0.15) is 13.2 Å². The summed E-state index contributed by atoms with van der Waals surface area (Å²) in [6, 6.07) is 6.75. The fourth-order valence-corrected chi connectivity index (χ4v) is 1.48. The Bertz CT molecular complexity index is 351. The number of alkyl halides is 3. The summed E-state index contributed by atoms with van der Waals surface area (Å²) in [5.74, 6) is 0.310. The Hall–Kier alpha value is -1.23. The van der Waals surface area contributed by atoms with Gasteiger partial charge in [0, 0.05) is 18.7 Å². The van der Waals surface area contributed by atoms with Crippen molar-refractivity contribution in [1.29, 1.82) is 0 Å². The van der Waals surface area contributed by atoms with Crippen molar-refractivity contribution in [3.05, 3.63) is 29.8 Å². The van der Waals surface area contributed by atoms with Gasteiger partial charge in [-0.15, -0.1) is 0 Å². The minimum atomic E-state index is -4.33. The van der Waals surface area contributed by atoms with Crippen LogP contribution in [0.25, 0.3) is 0 Å². The predicted octanol–water partition coefficient (Wildman–Crippen LogP) is 2.10. The van der Waals surface area contributed by atoms with Crippen LogP contribution < -0.4 is 10.1 Å². The lowest BCUT2D eigenvalue weighted by Gasteiger charge is -2.19. The largest absolute Gasteiger partial charge is 0.479 e. The van der Waals surface area contributed by atoms with Gasteiger partial charge in [-0.25, -0.2) is 0 Å². The van der Waals surface area contributed by atoms with E-state index < -0.39 is 12.3 Å². The normalized spacial score (nSPS) is 21.4. The Morgan fingerprint density at radius 2 is 2.00 bits per heavy atom. The molecule has 1 aliphatic rings. The Balaban J connectivity index is 2.25. The van der Waals surface area contributed by atoms with Crippen LogP contribution in [-0.2, 0) is 6.54 Å². The summed E-state index contributed by atoms with van der Waals surface area (Å²) in [7, 11) is 0. The Morgan fingerprint density at radius 3 is 2.73 bits per heavy atom. The lowest BCUT2D eigenvalue weighted by Crippen LogP contribution is -2.41. The van der Waals surface area contributed by atoms with E-state index in [1.54, 1.807) is 24.3 Å². The molecule has 1 aromatic rings. The molecule has 1 aliphatic heterocycles. The monoisotopic (exact) mass is 217 g/mol. The van der Waals surface area contributed by atoms with Gasteiger partial charge >= 0.3 is 6.18 Å². The molecule has 82 valence electrons. The Kier molecular flexibility index (Phi) is 2.56. The first kappa shape index (κ1) is 10.3. The molecule has 2 nitrogen and oxygen atoms in total. The maximum atomic E-state index is 12.5. The number of para-hydroxylation sites is 1. The molecule has 1 atom stereocenters. The molecule has 2 rings (SSSR count). The van der Waals surface area contributed by atoms with Crippen molar-refractivity contribution < 1.29 is 17.9 Å². The highest BCUT2D eigenvalue weighted by molar-refractivity contribution is 5.34. The first-order chi connectivity index (χ1) is 7.07. The molecule has 0 saturated heterocycles. The van der Waals surface area contributed by atoms with Crippen LogP contribution in [0.5, 0.6) is 5.75 Å². The quantitative estimate of drug-likeness (QED) is 0.718. The van der Waals surface area contributed by atoms with E-state index in [0.717, 1.165) is 5.56 Å². The maximum Gasteiger partial charge on any atom is 0.426 e. The van der Waals surface area contributed by atoms with Crippen molar-refractivity contribution >= 4 is 0 Å². The van der Waals surface area contributed by atoms with Gasteiger partial charge in [-0.3, -0.25) is 0 Å². The highest BCUT2D eigenvalue weighted by atomic mass is 19.4. The van der Waals surface area contributed by atoms with E-state index in [-0.39, 0.29) is 6.54 Å². The van der Waals surface area contributed by atoms with Crippen LogP contribution in [-0.4, -0.2) is 18.8 Å². The molecular formula is C10H10F3NO. The number of halogens is 3. The summed E-state index contributed by atoms with van der Waals surface area (Å²) in [5, 5.41) is 2.72. The third-order valence-corrected chi connectivity index (χ3v) is 2.25. The number of benzene rings is 1. The summed E-state index contributed by atoms with van der Waals surface area (Å²) < 4.78 is 42.3. The molecule has 5 heteroatoms. The third kappa shape index (κ3) is 2.23. The zero-order valence-electron chi connectivity index (χ0n) is 7.84. The van der Waals surface area contributed by atoms with Gasteiger partial charge in [0.05, 0.1) is 0 Å². The molecule has 0 spiro atoms. The average molecular weight is 217 g/mol. The van der Waals surface area contributed by atoms with Crippen LogP contribution >= 0.6 is 0 Å². The second-order valence-electron chi connectivity index (χ2n) is 3.39. The van der Waals surface area contributed by atoms with Gasteiger partial charge in [-0.1, -0.05) is 18.2 Å². The van der Waals surface area contributed by atoms with Crippen molar-refractivity contribution in [2.45, 2.75) is 18.8 Å². The van der Waals surface area contributed by atoms with Gasteiger partial charge in [-0.05, 0) is 6.07 Å². The molecule has 0 radical (unpaired) electrons. The minimum Gasteiger partial charge on any atom is -0.479 e. The van der Waals surface area contributed by atoms with Crippen LogP contribution in [0.15, 0.2) is 24.3 Å². The lowest BCUT2D eigenvalue weighted by atomic mass is 10.2. The van der Waals surface area contributed by atoms with E-state index in [9.17, 15) is 13.2 Å². The smallest absolute Gasteiger partial charge is 0.426 e. The number of rotatable bonds is 0. The van der Waals surface area contributed by atoms with E-state index in [4.69, 9.17) is 4.74 Å². The van der Waals surface area contributed by atoms with Gasteiger partial charge in [0.1, 0.15) is 5.75 Å². The fraction of sp³-hybridized carbons (Fsp3) is 0.400. The average Bonchev–Trinajstić information content (AvgIpc) is 2.38. The number of hydrogen-bond acceptors (Lipinski definition) is 2. The van der Waals surface area contributed by atoms with Gasteiger partial charge in [0.2, 0.25) is 6.10 Å².